The summed E-state index contributed by atoms with van der Waals surface area (Å²) in [7, 11) is 0. The molecule has 1 atom stereocenters. The number of rotatable bonds is 4. The molecular formula is C11H18N4O. The Bertz CT molecular complexity index is 306. The second kappa shape index (κ2) is 5.77. The van der Waals surface area contributed by atoms with Crippen molar-refractivity contribution in [2.45, 2.75) is 13.0 Å². The molecule has 1 saturated heterocycles. The number of ether oxygens (including phenoxy) is 1. The maximum Gasteiger partial charge on any atom is 0.222 e. The SMILES string of the molecule is CCN1CCOC(CNc2ncccn2)C1. The molecule has 2 rings (SSSR count). The smallest absolute Gasteiger partial charge is 0.222 e. The molecule has 16 heavy (non-hydrogen) atoms. The zero-order chi connectivity index (χ0) is 11.2. The first-order valence-corrected chi connectivity index (χ1v) is 5.73. The highest BCUT2D eigenvalue weighted by Crippen LogP contribution is 2.05. The van der Waals surface area contributed by atoms with Crippen LogP contribution in [0, 0.1) is 0 Å². The van der Waals surface area contributed by atoms with E-state index in [1.807, 2.05) is 0 Å². The van der Waals surface area contributed by atoms with Crippen LogP contribution in [0.25, 0.3) is 0 Å². The third-order valence-corrected chi connectivity index (χ3v) is 2.72. The number of morpholine rings is 1. The summed E-state index contributed by atoms with van der Waals surface area (Å²) in [6, 6.07) is 1.81. The molecule has 0 aromatic carbocycles. The molecular weight excluding hydrogens is 204 g/mol. The van der Waals surface area contributed by atoms with Crippen LogP contribution in [-0.4, -0.2) is 53.8 Å². The lowest BCUT2D eigenvalue weighted by Gasteiger charge is -2.32. The summed E-state index contributed by atoms with van der Waals surface area (Å²) in [6.45, 7) is 6.86. The molecule has 1 N–H and O–H groups in total. The molecule has 0 saturated carbocycles. The van der Waals surface area contributed by atoms with Crippen LogP contribution in [0.2, 0.25) is 0 Å². The predicted octanol–water partition coefficient (Wildman–Crippen LogP) is 0.609. The lowest BCUT2D eigenvalue weighted by Crippen LogP contribution is -2.45. The normalized spacial score (nSPS) is 21.9. The fourth-order valence-electron chi connectivity index (χ4n) is 1.79. The summed E-state index contributed by atoms with van der Waals surface area (Å²) < 4.78 is 5.67. The molecule has 0 spiro atoms. The van der Waals surface area contributed by atoms with Gasteiger partial charge in [0.1, 0.15) is 0 Å². The van der Waals surface area contributed by atoms with Crippen LogP contribution < -0.4 is 5.32 Å². The summed E-state index contributed by atoms with van der Waals surface area (Å²) in [5, 5.41) is 3.19. The molecule has 88 valence electrons. The van der Waals surface area contributed by atoms with Gasteiger partial charge in [0.15, 0.2) is 0 Å². The number of nitrogens with zero attached hydrogens (tertiary/aromatic N) is 3. The first-order chi connectivity index (χ1) is 7.88. The lowest BCUT2D eigenvalue weighted by atomic mass is 10.2. The summed E-state index contributed by atoms with van der Waals surface area (Å²) >= 11 is 0. The van der Waals surface area contributed by atoms with E-state index in [2.05, 4.69) is 27.1 Å². The third-order valence-electron chi connectivity index (χ3n) is 2.72. The topological polar surface area (TPSA) is 50.3 Å². The predicted molar refractivity (Wildman–Crippen MR) is 62.4 cm³/mol. The Labute approximate surface area is 95.8 Å². The summed E-state index contributed by atoms with van der Waals surface area (Å²) in [6.07, 6.45) is 3.70. The van der Waals surface area contributed by atoms with E-state index in [0.717, 1.165) is 32.8 Å². The lowest BCUT2D eigenvalue weighted by molar-refractivity contribution is -0.0192. The van der Waals surface area contributed by atoms with Crippen molar-refractivity contribution in [1.82, 2.24) is 14.9 Å². The molecule has 0 radical (unpaired) electrons. The van der Waals surface area contributed by atoms with E-state index in [1.54, 1.807) is 18.5 Å². The minimum atomic E-state index is 0.234. The van der Waals surface area contributed by atoms with Crippen LogP contribution in [0.15, 0.2) is 18.5 Å². The Kier molecular flexibility index (Phi) is 4.07. The number of anilines is 1. The van der Waals surface area contributed by atoms with E-state index in [-0.39, 0.29) is 6.10 Å². The van der Waals surface area contributed by atoms with Crippen molar-refractivity contribution in [2.75, 3.05) is 38.1 Å². The fraction of sp³-hybridized carbons (Fsp3) is 0.636. The Balaban J connectivity index is 1.77. The molecule has 1 aliphatic rings. The standard InChI is InChI=1S/C11H18N4O/c1-2-15-6-7-16-10(9-15)8-14-11-12-4-3-5-13-11/h3-5,10H,2,6-9H2,1H3,(H,12,13,14). The van der Waals surface area contributed by atoms with Gasteiger partial charge in [0.05, 0.1) is 12.7 Å². The molecule has 1 fully saturated rings. The summed E-state index contributed by atoms with van der Waals surface area (Å²) in [5.74, 6) is 0.666. The van der Waals surface area contributed by atoms with Crippen molar-refractivity contribution >= 4 is 5.95 Å². The molecule has 1 aliphatic heterocycles. The molecule has 2 heterocycles. The van der Waals surface area contributed by atoms with Crippen molar-refractivity contribution in [2.24, 2.45) is 0 Å². The monoisotopic (exact) mass is 222 g/mol. The first kappa shape index (κ1) is 11.3. The quantitative estimate of drug-likeness (QED) is 0.809. The van der Waals surface area contributed by atoms with E-state index in [9.17, 15) is 0 Å². The van der Waals surface area contributed by atoms with E-state index < -0.39 is 0 Å². The van der Waals surface area contributed by atoms with E-state index in [1.165, 1.54) is 0 Å². The Morgan fingerprint density at radius 3 is 3.06 bits per heavy atom. The van der Waals surface area contributed by atoms with E-state index >= 15 is 0 Å². The maximum absolute atomic E-state index is 5.67. The number of likely N-dealkylation sites (N-methyl/N-ethyl adjacent to an activating group) is 1. The second-order valence-electron chi connectivity index (χ2n) is 3.84. The van der Waals surface area contributed by atoms with Gasteiger partial charge >= 0.3 is 0 Å². The summed E-state index contributed by atoms with van der Waals surface area (Å²) in [4.78, 5) is 10.6. The Hall–Kier alpha value is -1.20. The minimum absolute atomic E-state index is 0.234. The highest BCUT2D eigenvalue weighted by molar-refractivity contribution is 5.22. The van der Waals surface area contributed by atoms with Crippen LogP contribution in [0.3, 0.4) is 0 Å². The van der Waals surface area contributed by atoms with Crippen molar-refractivity contribution in [3.05, 3.63) is 18.5 Å². The van der Waals surface area contributed by atoms with Gasteiger partial charge in [0, 0.05) is 32.0 Å². The van der Waals surface area contributed by atoms with Gasteiger partial charge in [-0.15, -0.1) is 0 Å². The van der Waals surface area contributed by atoms with Gasteiger partial charge in [-0.1, -0.05) is 6.92 Å². The number of nitrogens with one attached hydrogen (secondary N) is 1. The average Bonchev–Trinajstić information content (AvgIpc) is 2.38. The molecule has 0 bridgehead atoms. The molecule has 1 aromatic heterocycles. The number of aromatic nitrogens is 2. The minimum Gasteiger partial charge on any atom is -0.374 e. The van der Waals surface area contributed by atoms with Crippen LogP contribution in [-0.2, 0) is 4.74 Å². The highest BCUT2D eigenvalue weighted by Gasteiger charge is 2.18. The van der Waals surface area contributed by atoms with Crippen molar-refractivity contribution < 1.29 is 4.74 Å². The highest BCUT2D eigenvalue weighted by atomic mass is 16.5. The van der Waals surface area contributed by atoms with Gasteiger partial charge < -0.3 is 10.1 Å². The van der Waals surface area contributed by atoms with Gasteiger partial charge in [-0.3, -0.25) is 4.90 Å². The molecule has 0 amide bonds. The molecule has 1 aromatic rings. The number of hydrogen-bond donors (Lipinski definition) is 1. The van der Waals surface area contributed by atoms with Crippen LogP contribution >= 0.6 is 0 Å². The summed E-state index contributed by atoms with van der Waals surface area (Å²) in [5.41, 5.74) is 0. The van der Waals surface area contributed by atoms with Gasteiger partial charge in [0.2, 0.25) is 5.95 Å². The van der Waals surface area contributed by atoms with Crippen LogP contribution in [0.5, 0.6) is 0 Å². The van der Waals surface area contributed by atoms with Gasteiger partial charge in [-0.05, 0) is 12.6 Å². The molecule has 0 aliphatic carbocycles. The fourth-order valence-corrected chi connectivity index (χ4v) is 1.79. The molecule has 5 nitrogen and oxygen atoms in total. The zero-order valence-corrected chi connectivity index (χ0v) is 9.59. The first-order valence-electron chi connectivity index (χ1n) is 5.73. The van der Waals surface area contributed by atoms with Gasteiger partial charge in [-0.25, -0.2) is 9.97 Å². The Morgan fingerprint density at radius 1 is 1.50 bits per heavy atom. The number of hydrogen-bond acceptors (Lipinski definition) is 5. The van der Waals surface area contributed by atoms with Crippen LogP contribution in [0.4, 0.5) is 5.95 Å². The van der Waals surface area contributed by atoms with Gasteiger partial charge in [0.25, 0.3) is 0 Å². The van der Waals surface area contributed by atoms with E-state index in [4.69, 9.17) is 4.74 Å². The molecule has 1 unspecified atom stereocenters. The second-order valence-corrected chi connectivity index (χ2v) is 3.84. The van der Waals surface area contributed by atoms with Crippen molar-refractivity contribution in [3.8, 4) is 0 Å². The average molecular weight is 222 g/mol. The van der Waals surface area contributed by atoms with Crippen molar-refractivity contribution in [1.29, 1.82) is 0 Å². The zero-order valence-electron chi connectivity index (χ0n) is 9.59. The Morgan fingerprint density at radius 2 is 2.31 bits per heavy atom. The maximum atomic E-state index is 5.67. The largest absolute Gasteiger partial charge is 0.374 e. The van der Waals surface area contributed by atoms with Crippen molar-refractivity contribution in [3.63, 3.8) is 0 Å². The molecule has 5 heteroatoms. The van der Waals surface area contributed by atoms with Crippen LogP contribution in [0.1, 0.15) is 6.92 Å². The van der Waals surface area contributed by atoms with E-state index in [0.29, 0.717) is 5.95 Å². The van der Waals surface area contributed by atoms with Gasteiger partial charge in [-0.2, -0.15) is 0 Å². The third kappa shape index (κ3) is 3.15.